The Bertz CT molecular complexity index is 1190. The number of aryl methyl sites for hydroxylation is 1. The van der Waals surface area contributed by atoms with Crippen molar-refractivity contribution in [3.05, 3.63) is 58.6 Å². The van der Waals surface area contributed by atoms with Gasteiger partial charge in [0, 0.05) is 17.7 Å². The second-order valence-corrected chi connectivity index (χ2v) is 8.50. The van der Waals surface area contributed by atoms with Crippen LogP contribution in [0.3, 0.4) is 0 Å². The monoisotopic (exact) mass is 438 g/mol. The molecule has 0 amide bonds. The number of benzene rings is 1. The van der Waals surface area contributed by atoms with E-state index < -0.39 is 0 Å². The molecule has 0 radical (unpaired) electrons. The number of hydrogen-bond acceptors (Lipinski definition) is 7. The predicted octanol–water partition coefficient (Wildman–Crippen LogP) is 5.35. The number of pyridine rings is 1. The maximum atomic E-state index is 12.7. The summed E-state index contributed by atoms with van der Waals surface area (Å²) in [7, 11) is 0. The lowest BCUT2D eigenvalue weighted by molar-refractivity contribution is 0.0524. The lowest BCUT2D eigenvalue weighted by Gasteiger charge is -2.14. The number of nitrogens with zero attached hydrogens (tertiary/aromatic N) is 4. The molecule has 6 nitrogen and oxygen atoms in total. The van der Waals surface area contributed by atoms with Gasteiger partial charge in [0.2, 0.25) is 0 Å². The van der Waals surface area contributed by atoms with Crippen LogP contribution in [0.2, 0.25) is 0 Å². The molecule has 30 heavy (non-hydrogen) atoms. The molecule has 0 saturated heterocycles. The molecular weight excluding hydrogens is 416 g/mol. The smallest absolute Gasteiger partial charge is 0.340 e. The highest BCUT2D eigenvalue weighted by atomic mass is 32.2. The Kier molecular flexibility index (Phi) is 6.15. The number of carbonyl (C=O) groups is 1. The van der Waals surface area contributed by atoms with E-state index >= 15 is 0 Å². The third-order valence-electron chi connectivity index (χ3n) is 4.82. The van der Waals surface area contributed by atoms with Gasteiger partial charge < -0.3 is 9.30 Å². The Labute approximate surface area is 183 Å². The molecule has 3 heterocycles. The molecule has 0 spiro atoms. The zero-order chi connectivity index (χ0) is 21.1. The number of thiophene rings is 1. The van der Waals surface area contributed by atoms with Crippen LogP contribution in [0.1, 0.15) is 35.5 Å². The zero-order valence-electron chi connectivity index (χ0n) is 17.1. The third-order valence-corrected chi connectivity index (χ3v) is 6.66. The van der Waals surface area contributed by atoms with Gasteiger partial charge in [0.25, 0.3) is 0 Å². The number of thioether (sulfide) groups is 1. The first-order valence-electron chi connectivity index (χ1n) is 9.79. The van der Waals surface area contributed by atoms with E-state index in [9.17, 15) is 4.79 Å². The summed E-state index contributed by atoms with van der Waals surface area (Å²) in [5, 5.41) is 12.6. The van der Waals surface area contributed by atoms with Crippen molar-refractivity contribution >= 4 is 40.0 Å². The molecule has 0 fully saturated rings. The number of aromatic nitrogens is 4. The highest BCUT2D eigenvalue weighted by Gasteiger charge is 2.21. The maximum Gasteiger partial charge on any atom is 0.340 e. The van der Waals surface area contributed by atoms with Crippen LogP contribution in [0, 0.1) is 6.92 Å². The average molecular weight is 439 g/mol. The largest absolute Gasteiger partial charge is 0.462 e. The Morgan fingerprint density at radius 1 is 1.17 bits per heavy atom. The molecule has 3 aromatic heterocycles. The van der Waals surface area contributed by atoms with Crippen LogP contribution in [-0.4, -0.2) is 32.3 Å². The first-order chi connectivity index (χ1) is 14.6. The van der Waals surface area contributed by atoms with Crippen molar-refractivity contribution in [1.82, 2.24) is 19.7 Å². The highest BCUT2D eigenvalue weighted by Crippen LogP contribution is 2.31. The van der Waals surface area contributed by atoms with Gasteiger partial charge in [-0.1, -0.05) is 36.0 Å². The van der Waals surface area contributed by atoms with Crippen LogP contribution in [0.5, 0.6) is 0 Å². The SMILES string of the molecule is CCOC(=O)c1c(CSc2nnc(-c3cccs3)n2CC)nc2ccccc2c1C. The Morgan fingerprint density at radius 2 is 2.00 bits per heavy atom. The summed E-state index contributed by atoms with van der Waals surface area (Å²) in [6, 6.07) is 11.9. The fourth-order valence-electron chi connectivity index (χ4n) is 3.42. The van der Waals surface area contributed by atoms with Crippen LogP contribution in [0.4, 0.5) is 0 Å². The van der Waals surface area contributed by atoms with Crippen molar-refractivity contribution in [2.24, 2.45) is 0 Å². The minimum atomic E-state index is -0.333. The standard InChI is InChI=1S/C22H22N4O2S2/c1-4-26-20(18-11-8-12-29-18)24-25-22(26)30-13-17-19(21(27)28-5-2)14(3)15-9-6-7-10-16(15)23-17/h6-12H,4-5,13H2,1-3H3. The van der Waals surface area contributed by atoms with E-state index in [-0.39, 0.29) is 5.97 Å². The summed E-state index contributed by atoms with van der Waals surface area (Å²) in [5.41, 5.74) is 3.02. The van der Waals surface area contributed by atoms with Crippen LogP contribution >= 0.6 is 23.1 Å². The van der Waals surface area contributed by atoms with Gasteiger partial charge in [-0.3, -0.25) is 4.98 Å². The number of rotatable bonds is 7. The van der Waals surface area contributed by atoms with Crippen LogP contribution in [0.25, 0.3) is 21.6 Å². The summed E-state index contributed by atoms with van der Waals surface area (Å²) in [6.45, 7) is 6.93. The molecule has 0 atom stereocenters. The number of carbonyl (C=O) groups excluding carboxylic acids is 1. The molecule has 0 unspecified atom stereocenters. The first kappa shape index (κ1) is 20.6. The van der Waals surface area contributed by atoms with Gasteiger partial charge in [0.15, 0.2) is 11.0 Å². The number of para-hydroxylation sites is 1. The van der Waals surface area contributed by atoms with Gasteiger partial charge in [-0.05, 0) is 43.8 Å². The number of esters is 1. The van der Waals surface area contributed by atoms with Crippen molar-refractivity contribution in [3.63, 3.8) is 0 Å². The summed E-state index contributed by atoms with van der Waals surface area (Å²) in [4.78, 5) is 18.6. The van der Waals surface area contributed by atoms with E-state index in [0.29, 0.717) is 23.6 Å². The minimum Gasteiger partial charge on any atom is -0.462 e. The third kappa shape index (κ3) is 3.85. The fourth-order valence-corrected chi connectivity index (χ4v) is 5.08. The van der Waals surface area contributed by atoms with Gasteiger partial charge in [-0.25, -0.2) is 4.79 Å². The molecule has 1 aromatic carbocycles. The lowest BCUT2D eigenvalue weighted by Crippen LogP contribution is -2.12. The van der Waals surface area contributed by atoms with Crippen LogP contribution in [-0.2, 0) is 17.0 Å². The van der Waals surface area contributed by atoms with E-state index in [0.717, 1.165) is 38.9 Å². The highest BCUT2D eigenvalue weighted by molar-refractivity contribution is 7.98. The molecule has 0 aliphatic rings. The first-order valence-corrected chi connectivity index (χ1v) is 11.7. The van der Waals surface area contributed by atoms with Crippen LogP contribution < -0.4 is 0 Å². The Hall–Kier alpha value is -2.71. The summed E-state index contributed by atoms with van der Waals surface area (Å²) < 4.78 is 7.42. The van der Waals surface area contributed by atoms with E-state index in [2.05, 4.69) is 21.7 Å². The van der Waals surface area contributed by atoms with Gasteiger partial charge in [-0.2, -0.15) is 0 Å². The normalized spacial score (nSPS) is 11.2. The quantitative estimate of drug-likeness (QED) is 0.286. The molecule has 0 saturated carbocycles. The van der Waals surface area contributed by atoms with Gasteiger partial charge in [-0.15, -0.1) is 21.5 Å². The van der Waals surface area contributed by atoms with Gasteiger partial charge in [0.1, 0.15) is 0 Å². The predicted molar refractivity (Wildman–Crippen MR) is 121 cm³/mol. The summed E-state index contributed by atoms with van der Waals surface area (Å²) in [6.07, 6.45) is 0. The van der Waals surface area contributed by atoms with E-state index in [1.165, 1.54) is 11.8 Å². The van der Waals surface area contributed by atoms with Crippen LogP contribution in [0.15, 0.2) is 46.9 Å². The second kappa shape index (κ2) is 8.97. The number of fused-ring (bicyclic) bond motifs is 1. The lowest BCUT2D eigenvalue weighted by atomic mass is 10.0. The molecule has 0 N–H and O–H groups in total. The molecule has 0 bridgehead atoms. The average Bonchev–Trinajstić information content (AvgIpc) is 3.41. The Balaban J connectivity index is 1.70. The van der Waals surface area contributed by atoms with Crippen molar-refractivity contribution in [3.8, 4) is 10.7 Å². The molecule has 4 aromatic rings. The fraction of sp³-hybridized carbons (Fsp3) is 0.273. The topological polar surface area (TPSA) is 69.9 Å². The summed E-state index contributed by atoms with van der Waals surface area (Å²) >= 11 is 3.18. The molecule has 4 rings (SSSR count). The van der Waals surface area contributed by atoms with Crippen molar-refractivity contribution in [2.75, 3.05) is 6.61 Å². The molecule has 8 heteroatoms. The molecule has 154 valence electrons. The second-order valence-electron chi connectivity index (χ2n) is 6.61. The van der Waals surface area contributed by atoms with Gasteiger partial charge >= 0.3 is 5.97 Å². The summed E-state index contributed by atoms with van der Waals surface area (Å²) in [5.74, 6) is 1.03. The molecular formula is C22H22N4O2S2. The maximum absolute atomic E-state index is 12.7. The van der Waals surface area contributed by atoms with Crippen molar-refractivity contribution in [2.45, 2.75) is 38.2 Å². The molecule has 0 aliphatic heterocycles. The van der Waals surface area contributed by atoms with Crippen molar-refractivity contribution in [1.29, 1.82) is 0 Å². The minimum absolute atomic E-state index is 0.325. The van der Waals surface area contributed by atoms with E-state index in [1.54, 1.807) is 11.3 Å². The van der Waals surface area contributed by atoms with E-state index in [1.807, 2.05) is 55.6 Å². The Morgan fingerprint density at radius 3 is 2.73 bits per heavy atom. The molecule has 0 aliphatic carbocycles. The number of ether oxygens (including phenoxy) is 1. The van der Waals surface area contributed by atoms with Gasteiger partial charge in [0.05, 0.1) is 28.3 Å². The zero-order valence-corrected chi connectivity index (χ0v) is 18.7. The van der Waals surface area contributed by atoms with Crippen molar-refractivity contribution < 1.29 is 9.53 Å². The van der Waals surface area contributed by atoms with E-state index in [4.69, 9.17) is 9.72 Å². The number of hydrogen-bond donors (Lipinski definition) is 0.